The lowest BCUT2D eigenvalue weighted by Gasteiger charge is -2.18. The van der Waals surface area contributed by atoms with E-state index in [4.69, 9.17) is 4.74 Å². The number of hydrogen-bond acceptors (Lipinski definition) is 5. The SMILES string of the molecule is Cc1n[nH]nc1C(=O)N[C@H]1COC[C@H]1Cc1ccncc1. The number of carbonyl (C=O) groups is 1. The highest BCUT2D eigenvalue weighted by Gasteiger charge is 2.30. The van der Waals surface area contributed by atoms with E-state index in [0.29, 0.717) is 24.6 Å². The molecule has 110 valence electrons. The van der Waals surface area contributed by atoms with Crippen LogP contribution in [-0.4, -0.2) is 45.6 Å². The minimum Gasteiger partial charge on any atom is -0.379 e. The van der Waals surface area contributed by atoms with E-state index in [-0.39, 0.29) is 17.9 Å². The van der Waals surface area contributed by atoms with E-state index in [1.165, 1.54) is 5.56 Å². The van der Waals surface area contributed by atoms with Gasteiger partial charge in [-0.3, -0.25) is 9.78 Å². The van der Waals surface area contributed by atoms with Crippen molar-refractivity contribution in [3.8, 4) is 0 Å². The number of ether oxygens (including phenoxy) is 1. The van der Waals surface area contributed by atoms with Crippen molar-refractivity contribution in [2.45, 2.75) is 19.4 Å². The lowest BCUT2D eigenvalue weighted by molar-refractivity contribution is 0.0919. The maximum absolute atomic E-state index is 12.2. The Morgan fingerprint density at radius 2 is 2.19 bits per heavy atom. The van der Waals surface area contributed by atoms with E-state index in [2.05, 4.69) is 25.7 Å². The highest BCUT2D eigenvalue weighted by molar-refractivity contribution is 5.93. The molecule has 2 aromatic heterocycles. The van der Waals surface area contributed by atoms with Crippen LogP contribution in [0.3, 0.4) is 0 Å². The highest BCUT2D eigenvalue weighted by Crippen LogP contribution is 2.19. The molecule has 1 saturated heterocycles. The van der Waals surface area contributed by atoms with Crippen molar-refractivity contribution < 1.29 is 9.53 Å². The van der Waals surface area contributed by atoms with Gasteiger partial charge in [-0.05, 0) is 31.0 Å². The summed E-state index contributed by atoms with van der Waals surface area (Å²) in [6, 6.07) is 3.96. The van der Waals surface area contributed by atoms with Crippen LogP contribution in [0.4, 0.5) is 0 Å². The van der Waals surface area contributed by atoms with E-state index >= 15 is 0 Å². The van der Waals surface area contributed by atoms with E-state index in [1.807, 2.05) is 12.1 Å². The summed E-state index contributed by atoms with van der Waals surface area (Å²) in [7, 11) is 0. The van der Waals surface area contributed by atoms with E-state index in [0.717, 1.165) is 6.42 Å². The Bertz CT molecular complexity index is 613. The minimum atomic E-state index is -0.212. The topological polar surface area (TPSA) is 92.8 Å². The third-order valence-corrected chi connectivity index (χ3v) is 3.70. The number of aromatic nitrogens is 4. The van der Waals surface area contributed by atoms with Crippen molar-refractivity contribution in [3.63, 3.8) is 0 Å². The van der Waals surface area contributed by atoms with Gasteiger partial charge in [-0.1, -0.05) is 0 Å². The Hall–Kier alpha value is -2.28. The molecular weight excluding hydrogens is 270 g/mol. The lowest BCUT2D eigenvalue weighted by atomic mass is 9.95. The molecule has 1 fully saturated rings. The fourth-order valence-corrected chi connectivity index (χ4v) is 2.52. The lowest BCUT2D eigenvalue weighted by Crippen LogP contribution is -2.41. The highest BCUT2D eigenvalue weighted by atomic mass is 16.5. The number of carbonyl (C=O) groups excluding carboxylic acids is 1. The average molecular weight is 287 g/mol. The number of hydrogen-bond donors (Lipinski definition) is 2. The largest absolute Gasteiger partial charge is 0.379 e. The number of rotatable bonds is 4. The molecule has 2 atom stereocenters. The summed E-state index contributed by atoms with van der Waals surface area (Å²) in [5.74, 6) is 0.0417. The van der Waals surface area contributed by atoms with Gasteiger partial charge in [0, 0.05) is 18.3 Å². The second-order valence-electron chi connectivity index (χ2n) is 5.19. The first-order valence-corrected chi connectivity index (χ1v) is 6.89. The zero-order chi connectivity index (χ0) is 14.7. The van der Waals surface area contributed by atoms with Gasteiger partial charge in [-0.2, -0.15) is 15.4 Å². The van der Waals surface area contributed by atoms with Crippen LogP contribution in [0.1, 0.15) is 21.7 Å². The molecular formula is C14H17N5O2. The normalized spacial score (nSPS) is 21.4. The number of aromatic amines is 1. The van der Waals surface area contributed by atoms with Gasteiger partial charge in [0.25, 0.3) is 5.91 Å². The first kappa shape index (κ1) is 13.7. The monoisotopic (exact) mass is 287 g/mol. The fraction of sp³-hybridized carbons (Fsp3) is 0.429. The van der Waals surface area contributed by atoms with E-state index in [1.54, 1.807) is 19.3 Å². The quantitative estimate of drug-likeness (QED) is 0.854. The molecule has 3 rings (SSSR count). The maximum atomic E-state index is 12.2. The first-order chi connectivity index (χ1) is 10.2. The third kappa shape index (κ3) is 3.08. The van der Waals surface area contributed by atoms with Gasteiger partial charge in [0.2, 0.25) is 0 Å². The summed E-state index contributed by atoms with van der Waals surface area (Å²) in [6.45, 7) is 2.92. The molecule has 3 heterocycles. The molecule has 1 aliphatic rings. The van der Waals surface area contributed by atoms with Crippen molar-refractivity contribution >= 4 is 5.91 Å². The van der Waals surface area contributed by atoms with Gasteiger partial charge in [-0.25, -0.2) is 0 Å². The van der Waals surface area contributed by atoms with Gasteiger partial charge in [0.15, 0.2) is 5.69 Å². The second-order valence-corrected chi connectivity index (χ2v) is 5.19. The Morgan fingerprint density at radius 3 is 2.90 bits per heavy atom. The van der Waals surface area contributed by atoms with Crippen molar-refractivity contribution in [1.82, 2.24) is 25.7 Å². The Balaban J connectivity index is 1.64. The first-order valence-electron chi connectivity index (χ1n) is 6.89. The third-order valence-electron chi connectivity index (χ3n) is 3.70. The Morgan fingerprint density at radius 1 is 1.38 bits per heavy atom. The smallest absolute Gasteiger partial charge is 0.274 e. The number of nitrogens with one attached hydrogen (secondary N) is 2. The van der Waals surface area contributed by atoms with Crippen molar-refractivity contribution in [3.05, 3.63) is 41.5 Å². The molecule has 0 saturated carbocycles. The molecule has 1 aliphatic heterocycles. The van der Waals surface area contributed by atoms with Gasteiger partial charge >= 0.3 is 0 Å². The molecule has 0 aromatic carbocycles. The van der Waals surface area contributed by atoms with Crippen LogP contribution in [0.25, 0.3) is 0 Å². The van der Waals surface area contributed by atoms with Crippen molar-refractivity contribution in [2.75, 3.05) is 13.2 Å². The molecule has 2 N–H and O–H groups in total. The van der Waals surface area contributed by atoms with Gasteiger partial charge in [-0.15, -0.1) is 0 Å². The molecule has 2 aromatic rings. The van der Waals surface area contributed by atoms with Crippen LogP contribution in [0.2, 0.25) is 0 Å². The Kier molecular flexibility index (Phi) is 3.92. The molecule has 7 nitrogen and oxygen atoms in total. The number of pyridine rings is 1. The summed E-state index contributed by atoms with van der Waals surface area (Å²) < 4.78 is 5.52. The zero-order valence-corrected chi connectivity index (χ0v) is 11.7. The fourth-order valence-electron chi connectivity index (χ4n) is 2.52. The second kappa shape index (κ2) is 6.01. The van der Waals surface area contributed by atoms with Gasteiger partial charge in [0.05, 0.1) is 24.9 Å². The summed E-state index contributed by atoms with van der Waals surface area (Å²) in [6.07, 6.45) is 4.40. The molecule has 0 unspecified atom stereocenters. The molecule has 21 heavy (non-hydrogen) atoms. The van der Waals surface area contributed by atoms with Crippen LogP contribution in [0, 0.1) is 12.8 Å². The van der Waals surface area contributed by atoms with Crippen LogP contribution in [0.15, 0.2) is 24.5 Å². The standard InChI is InChI=1S/C14H17N5O2/c1-9-13(18-19-17-9)14(20)16-12-8-21-7-11(12)6-10-2-4-15-5-3-10/h2-5,11-12H,6-8H2,1H3,(H,16,20)(H,17,18,19)/t11-,12+/m1/s1. The van der Waals surface area contributed by atoms with Crippen LogP contribution >= 0.6 is 0 Å². The Labute approximate surface area is 122 Å². The molecule has 0 aliphatic carbocycles. The predicted molar refractivity (Wildman–Crippen MR) is 74.6 cm³/mol. The number of H-pyrrole nitrogens is 1. The average Bonchev–Trinajstić information content (AvgIpc) is 3.10. The van der Waals surface area contributed by atoms with Crippen molar-refractivity contribution in [2.24, 2.45) is 5.92 Å². The van der Waals surface area contributed by atoms with Gasteiger partial charge in [0.1, 0.15) is 0 Å². The van der Waals surface area contributed by atoms with Crippen LogP contribution < -0.4 is 5.32 Å². The van der Waals surface area contributed by atoms with E-state index < -0.39 is 0 Å². The van der Waals surface area contributed by atoms with Crippen LogP contribution in [0.5, 0.6) is 0 Å². The van der Waals surface area contributed by atoms with Crippen LogP contribution in [-0.2, 0) is 11.2 Å². The molecule has 0 spiro atoms. The van der Waals surface area contributed by atoms with E-state index in [9.17, 15) is 4.79 Å². The number of amides is 1. The van der Waals surface area contributed by atoms with Crippen molar-refractivity contribution in [1.29, 1.82) is 0 Å². The summed E-state index contributed by atoms with van der Waals surface area (Å²) in [4.78, 5) is 16.2. The zero-order valence-electron chi connectivity index (χ0n) is 11.7. The number of nitrogens with zero attached hydrogens (tertiary/aromatic N) is 3. The molecule has 0 bridgehead atoms. The summed E-state index contributed by atoms with van der Waals surface area (Å²) >= 11 is 0. The minimum absolute atomic E-state index is 0.0123. The summed E-state index contributed by atoms with van der Waals surface area (Å²) in [5, 5.41) is 13.2. The maximum Gasteiger partial charge on any atom is 0.274 e. The molecule has 1 amide bonds. The summed E-state index contributed by atoms with van der Waals surface area (Å²) in [5.41, 5.74) is 2.12. The number of aryl methyl sites for hydroxylation is 1. The molecule has 0 radical (unpaired) electrons. The predicted octanol–water partition coefficient (Wildman–Crippen LogP) is 0.496. The molecule has 7 heteroatoms. The van der Waals surface area contributed by atoms with Gasteiger partial charge < -0.3 is 10.1 Å².